The summed E-state index contributed by atoms with van der Waals surface area (Å²) >= 11 is 0. The molecule has 1 aliphatic rings. The van der Waals surface area contributed by atoms with Crippen LogP contribution < -0.4 is 16.4 Å². The van der Waals surface area contributed by atoms with E-state index >= 15 is 0 Å². The molecule has 0 aromatic heterocycles. The van der Waals surface area contributed by atoms with Crippen molar-refractivity contribution in [2.24, 2.45) is 16.6 Å². The fourth-order valence-electron chi connectivity index (χ4n) is 2.07. The highest BCUT2D eigenvalue weighted by atomic mass is 19.1. The maximum absolute atomic E-state index is 13.4. The molecule has 5 nitrogen and oxygen atoms in total. The van der Waals surface area contributed by atoms with Gasteiger partial charge in [0.2, 0.25) is 0 Å². The molecule has 0 bridgehead atoms. The van der Waals surface area contributed by atoms with Crippen LogP contribution in [0, 0.1) is 11.7 Å². The summed E-state index contributed by atoms with van der Waals surface area (Å²) in [6.45, 7) is 1.58. The van der Waals surface area contributed by atoms with Gasteiger partial charge in [0, 0.05) is 19.6 Å². The molecule has 0 atom stereocenters. The number of guanidine groups is 1. The fraction of sp³-hybridized carbons (Fsp3) is 0.467. The van der Waals surface area contributed by atoms with Crippen molar-refractivity contribution in [3.8, 4) is 0 Å². The molecular formula is C15H21FN4O. The molecule has 0 heterocycles. The maximum Gasteiger partial charge on any atom is 0.254 e. The molecule has 6 heteroatoms. The number of rotatable bonds is 6. The molecule has 1 saturated carbocycles. The van der Waals surface area contributed by atoms with E-state index in [0.29, 0.717) is 25.0 Å². The Morgan fingerprint density at radius 3 is 2.67 bits per heavy atom. The van der Waals surface area contributed by atoms with Crippen LogP contribution in [-0.4, -0.2) is 31.5 Å². The fourth-order valence-corrected chi connectivity index (χ4v) is 2.07. The predicted octanol–water partition coefficient (Wildman–Crippen LogP) is 1.26. The lowest BCUT2D eigenvalue weighted by molar-refractivity contribution is 0.0950. The molecule has 114 valence electrons. The average Bonchev–Trinajstić information content (AvgIpc) is 2.42. The highest BCUT2D eigenvalue weighted by Crippen LogP contribution is 2.26. The SMILES string of the molecule is NC(=NCC1CCC1)NCCNC(=O)c1ccccc1F. The number of nitrogens with one attached hydrogen (secondary N) is 2. The van der Waals surface area contributed by atoms with Gasteiger partial charge < -0.3 is 16.4 Å². The molecule has 0 aliphatic heterocycles. The molecule has 21 heavy (non-hydrogen) atoms. The third-order valence-electron chi connectivity index (χ3n) is 3.58. The summed E-state index contributed by atoms with van der Waals surface area (Å²) in [6, 6.07) is 5.89. The number of halogens is 1. The van der Waals surface area contributed by atoms with E-state index < -0.39 is 11.7 Å². The first-order chi connectivity index (χ1) is 10.2. The van der Waals surface area contributed by atoms with Crippen LogP contribution in [0.15, 0.2) is 29.3 Å². The topological polar surface area (TPSA) is 79.5 Å². The van der Waals surface area contributed by atoms with Crippen LogP contribution in [0.4, 0.5) is 4.39 Å². The Bertz CT molecular complexity index is 514. The Morgan fingerprint density at radius 1 is 1.29 bits per heavy atom. The number of carbonyl (C=O) groups excluding carboxylic acids is 1. The molecule has 1 aliphatic carbocycles. The van der Waals surface area contributed by atoms with E-state index in [4.69, 9.17) is 5.73 Å². The highest BCUT2D eigenvalue weighted by Gasteiger charge is 2.16. The van der Waals surface area contributed by atoms with Crippen molar-refractivity contribution < 1.29 is 9.18 Å². The van der Waals surface area contributed by atoms with Crippen molar-refractivity contribution in [1.82, 2.24) is 10.6 Å². The minimum absolute atomic E-state index is 0.0455. The van der Waals surface area contributed by atoms with E-state index in [2.05, 4.69) is 15.6 Å². The second-order valence-corrected chi connectivity index (χ2v) is 5.19. The smallest absolute Gasteiger partial charge is 0.254 e. The van der Waals surface area contributed by atoms with Gasteiger partial charge in [-0.2, -0.15) is 0 Å². The zero-order valence-electron chi connectivity index (χ0n) is 11.9. The third-order valence-corrected chi connectivity index (χ3v) is 3.58. The van der Waals surface area contributed by atoms with Crippen LogP contribution in [0.3, 0.4) is 0 Å². The molecule has 1 aromatic rings. The summed E-state index contributed by atoms with van der Waals surface area (Å²) in [4.78, 5) is 16.0. The normalized spacial score (nSPS) is 15.4. The number of nitrogens with two attached hydrogens (primary N) is 1. The van der Waals surface area contributed by atoms with Gasteiger partial charge in [-0.25, -0.2) is 4.39 Å². The standard InChI is InChI=1S/C15H21FN4O/c16-13-7-2-1-6-12(13)14(21)18-8-9-19-15(17)20-10-11-4-3-5-11/h1-2,6-7,11H,3-5,8-10H2,(H,18,21)(H3,17,19,20). The molecule has 0 unspecified atom stereocenters. The number of aliphatic imine (C=N–C) groups is 1. The van der Waals surface area contributed by atoms with Crippen molar-refractivity contribution in [2.45, 2.75) is 19.3 Å². The molecule has 0 saturated heterocycles. The lowest BCUT2D eigenvalue weighted by Crippen LogP contribution is -2.39. The predicted molar refractivity (Wildman–Crippen MR) is 80.6 cm³/mol. The maximum atomic E-state index is 13.4. The van der Waals surface area contributed by atoms with Crippen LogP contribution in [0.5, 0.6) is 0 Å². The molecule has 1 fully saturated rings. The van der Waals surface area contributed by atoms with Crippen molar-refractivity contribution in [3.05, 3.63) is 35.6 Å². The Morgan fingerprint density at radius 2 is 2.00 bits per heavy atom. The van der Waals surface area contributed by atoms with E-state index in [1.54, 1.807) is 12.1 Å². The quantitative estimate of drug-likeness (QED) is 0.419. The van der Waals surface area contributed by atoms with E-state index in [-0.39, 0.29) is 5.56 Å². The lowest BCUT2D eigenvalue weighted by Gasteiger charge is -2.23. The number of benzene rings is 1. The average molecular weight is 292 g/mol. The van der Waals surface area contributed by atoms with Gasteiger partial charge in [-0.05, 0) is 30.9 Å². The summed E-state index contributed by atoms with van der Waals surface area (Å²) < 4.78 is 13.4. The van der Waals surface area contributed by atoms with Crippen LogP contribution in [0.2, 0.25) is 0 Å². The van der Waals surface area contributed by atoms with Crippen LogP contribution in [-0.2, 0) is 0 Å². The molecule has 1 amide bonds. The first-order valence-corrected chi connectivity index (χ1v) is 7.23. The highest BCUT2D eigenvalue weighted by molar-refractivity contribution is 5.94. The first-order valence-electron chi connectivity index (χ1n) is 7.23. The van der Waals surface area contributed by atoms with E-state index in [1.165, 1.54) is 31.4 Å². The summed E-state index contributed by atoms with van der Waals surface area (Å²) in [7, 11) is 0. The monoisotopic (exact) mass is 292 g/mol. The molecule has 4 N–H and O–H groups in total. The minimum Gasteiger partial charge on any atom is -0.370 e. The number of nitrogens with zero attached hydrogens (tertiary/aromatic N) is 1. The molecule has 0 spiro atoms. The van der Waals surface area contributed by atoms with Gasteiger partial charge in [0.05, 0.1) is 5.56 Å². The van der Waals surface area contributed by atoms with Crippen LogP contribution in [0.1, 0.15) is 29.6 Å². The zero-order chi connectivity index (χ0) is 15.1. The third kappa shape index (κ3) is 4.73. The Labute approximate surface area is 123 Å². The van der Waals surface area contributed by atoms with Gasteiger partial charge in [0.25, 0.3) is 5.91 Å². The van der Waals surface area contributed by atoms with E-state index in [9.17, 15) is 9.18 Å². The van der Waals surface area contributed by atoms with Crippen molar-refractivity contribution >= 4 is 11.9 Å². The molecule has 0 radical (unpaired) electrons. The molecule has 1 aromatic carbocycles. The number of amides is 1. The summed E-state index contributed by atoms with van der Waals surface area (Å²) in [5.41, 5.74) is 5.76. The number of carbonyl (C=O) groups is 1. The Kier molecular flexibility index (Phi) is 5.54. The number of hydrogen-bond donors (Lipinski definition) is 3. The second-order valence-electron chi connectivity index (χ2n) is 5.19. The number of hydrogen-bond acceptors (Lipinski definition) is 2. The van der Waals surface area contributed by atoms with Gasteiger partial charge in [-0.3, -0.25) is 9.79 Å². The van der Waals surface area contributed by atoms with E-state index in [1.807, 2.05) is 0 Å². The zero-order valence-corrected chi connectivity index (χ0v) is 11.9. The lowest BCUT2D eigenvalue weighted by atomic mass is 9.86. The van der Waals surface area contributed by atoms with E-state index in [0.717, 1.165) is 6.54 Å². The van der Waals surface area contributed by atoms with Gasteiger partial charge in [-0.15, -0.1) is 0 Å². The summed E-state index contributed by atoms with van der Waals surface area (Å²) in [5, 5.41) is 5.56. The minimum atomic E-state index is -0.524. The Balaban J connectivity index is 1.65. The van der Waals surface area contributed by atoms with Gasteiger partial charge in [0.15, 0.2) is 5.96 Å². The summed E-state index contributed by atoms with van der Waals surface area (Å²) in [5.74, 6) is 0.109. The largest absolute Gasteiger partial charge is 0.370 e. The van der Waals surface area contributed by atoms with Gasteiger partial charge >= 0.3 is 0 Å². The molecular weight excluding hydrogens is 271 g/mol. The van der Waals surface area contributed by atoms with Crippen LogP contribution in [0.25, 0.3) is 0 Å². The second kappa shape index (κ2) is 7.61. The van der Waals surface area contributed by atoms with Crippen molar-refractivity contribution in [1.29, 1.82) is 0 Å². The molecule has 2 rings (SSSR count). The first kappa shape index (κ1) is 15.3. The summed E-state index contributed by atoms with van der Waals surface area (Å²) in [6.07, 6.45) is 3.75. The Hall–Kier alpha value is -2.11. The van der Waals surface area contributed by atoms with Crippen molar-refractivity contribution in [2.75, 3.05) is 19.6 Å². The van der Waals surface area contributed by atoms with Crippen molar-refractivity contribution in [3.63, 3.8) is 0 Å². The van der Waals surface area contributed by atoms with Gasteiger partial charge in [-0.1, -0.05) is 18.6 Å². The van der Waals surface area contributed by atoms with Gasteiger partial charge in [0.1, 0.15) is 5.82 Å². The van der Waals surface area contributed by atoms with Crippen LogP contribution >= 0.6 is 0 Å².